The molecule has 2 heterocycles. The molecule has 2 rings (SSSR count). The maximum Gasteiger partial charge on any atom is 0.354 e. The van der Waals surface area contributed by atoms with Crippen LogP contribution >= 0.6 is 0 Å². The molecule has 0 aliphatic heterocycles. The van der Waals surface area contributed by atoms with Gasteiger partial charge in [-0.05, 0) is 30.8 Å². The number of hydrogen-bond acceptors (Lipinski definition) is 4. The molecule has 1 N–H and O–H groups in total. The van der Waals surface area contributed by atoms with E-state index >= 15 is 0 Å². The molecule has 0 amide bonds. The van der Waals surface area contributed by atoms with Gasteiger partial charge in [-0.2, -0.15) is 0 Å². The van der Waals surface area contributed by atoms with Crippen LogP contribution in [0.3, 0.4) is 0 Å². The Bertz CT molecular complexity index is 523. The number of furan rings is 1. The summed E-state index contributed by atoms with van der Waals surface area (Å²) in [5.41, 5.74) is 2.09. The number of hydrogen-bond donors (Lipinski definition) is 1. The van der Waals surface area contributed by atoms with Crippen molar-refractivity contribution in [3.63, 3.8) is 0 Å². The van der Waals surface area contributed by atoms with Crippen LogP contribution in [0.4, 0.5) is 0 Å². The Balaban J connectivity index is 2.00. The minimum atomic E-state index is -1.01. The van der Waals surface area contributed by atoms with Gasteiger partial charge in [0, 0.05) is 24.8 Å². The molecule has 0 radical (unpaired) electrons. The molecule has 0 spiro atoms. The Morgan fingerprint density at radius 2 is 2.17 bits per heavy atom. The van der Waals surface area contributed by atoms with Gasteiger partial charge in [0.1, 0.15) is 5.69 Å². The fraction of sp³-hybridized carbons (Fsp3) is 0.231. The van der Waals surface area contributed by atoms with E-state index < -0.39 is 5.97 Å². The number of nitrogens with zero attached hydrogens (tertiary/aromatic N) is 2. The Kier molecular flexibility index (Phi) is 3.74. The molecular formula is C13H14N2O3. The van der Waals surface area contributed by atoms with Gasteiger partial charge in [-0.3, -0.25) is 4.90 Å². The third-order valence-electron chi connectivity index (χ3n) is 2.53. The SMILES string of the molecule is CN(Cc1ccoc1)Cc1ccnc(C(=O)O)c1. The van der Waals surface area contributed by atoms with E-state index in [0.717, 1.165) is 17.7 Å². The highest BCUT2D eigenvalue weighted by molar-refractivity contribution is 5.85. The lowest BCUT2D eigenvalue weighted by molar-refractivity contribution is 0.0690. The van der Waals surface area contributed by atoms with Crippen molar-refractivity contribution in [3.8, 4) is 0 Å². The number of aromatic nitrogens is 1. The molecule has 0 fully saturated rings. The number of carboxylic acids is 1. The first-order chi connectivity index (χ1) is 8.65. The lowest BCUT2D eigenvalue weighted by Crippen LogP contribution is -2.17. The molecule has 0 aliphatic rings. The Morgan fingerprint density at radius 3 is 2.83 bits per heavy atom. The van der Waals surface area contributed by atoms with Crippen molar-refractivity contribution < 1.29 is 14.3 Å². The summed E-state index contributed by atoms with van der Waals surface area (Å²) in [6.45, 7) is 1.41. The van der Waals surface area contributed by atoms with Crippen molar-refractivity contribution in [3.05, 3.63) is 53.7 Å². The summed E-state index contributed by atoms with van der Waals surface area (Å²) in [7, 11) is 1.97. The molecule has 0 saturated heterocycles. The average Bonchev–Trinajstić information content (AvgIpc) is 2.82. The monoisotopic (exact) mass is 246 g/mol. The van der Waals surface area contributed by atoms with Crippen LogP contribution in [0.15, 0.2) is 41.3 Å². The van der Waals surface area contributed by atoms with Gasteiger partial charge < -0.3 is 9.52 Å². The lowest BCUT2D eigenvalue weighted by Gasteiger charge is -2.15. The van der Waals surface area contributed by atoms with Crippen LogP contribution in [0.5, 0.6) is 0 Å². The van der Waals surface area contributed by atoms with Gasteiger partial charge in [0.25, 0.3) is 0 Å². The van der Waals surface area contributed by atoms with Gasteiger partial charge in [-0.25, -0.2) is 9.78 Å². The average molecular weight is 246 g/mol. The molecule has 5 nitrogen and oxygen atoms in total. The minimum absolute atomic E-state index is 0.0733. The second-order valence-electron chi connectivity index (χ2n) is 4.16. The van der Waals surface area contributed by atoms with Gasteiger partial charge >= 0.3 is 5.97 Å². The van der Waals surface area contributed by atoms with E-state index in [-0.39, 0.29) is 5.69 Å². The molecule has 0 atom stereocenters. The summed E-state index contributed by atoms with van der Waals surface area (Å²) in [5.74, 6) is -1.01. The van der Waals surface area contributed by atoms with Crippen molar-refractivity contribution in [1.82, 2.24) is 9.88 Å². The number of pyridine rings is 1. The minimum Gasteiger partial charge on any atom is -0.477 e. The van der Waals surface area contributed by atoms with E-state index in [1.54, 1.807) is 18.6 Å². The predicted molar refractivity (Wildman–Crippen MR) is 65.1 cm³/mol. The molecule has 18 heavy (non-hydrogen) atoms. The largest absolute Gasteiger partial charge is 0.477 e. The Hall–Kier alpha value is -2.14. The second kappa shape index (κ2) is 5.46. The number of aromatic carboxylic acids is 1. The van der Waals surface area contributed by atoms with E-state index in [1.807, 2.05) is 19.2 Å². The summed E-state index contributed by atoms with van der Waals surface area (Å²) in [4.78, 5) is 16.7. The molecule has 94 valence electrons. The molecule has 0 bridgehead atoms. The first-order valence-electron chi connectivity index (χ1n) is 5.53. The number of rotatable bonds is 5. The van der Waals surface area contributed by atoms with Gasteiger partial charge in [0.2, 0.25) is 0 Å². The van der Waals surface area contributed by atoms with Crippen LogP contribution in [0.25, 0.3) is 0 Å². The first-order valence-corrected chi connectivity index (χ1v) is 5.53. The number of carboxylic acid groups (broad SMARTS) is 1. The second-order valence-corrected chi connectivity index (χ2v) is 4.16. The van der Waals surface area contributed by atoms with Gasteiger partial charge in [-0.1, -0.05) is 0 Å². The molecule has 0 unspecified atom stereocenters. The summed E-state index contributed by atoms with van der Waals surface area (Å²) in [6.07, 6.45) is 4.86. The Morgan fingerprint density at radius 1 is 1.39 bits per heavy atom. The maximum absolute atomic E-state index is 10.8. The molecule has 0 saturated carbocycles. The normalized spacial score (nSPS) is 10.8. The van der Waals surface area contributed by atoms with Crippen LogP contribution in [-0.2, 0) is 13.1 Å². The quantitative estimate of drug-likeness (QED) is 0.874. The lowest BCUT2D eigenvalue weighted by atomic mass is 10.2. The summed E-state index contributed by atoms with van der Waals surface area (Å²) >= 11 is 0. The molecule has 2 aromatic rings. The van der Waals surface area contributed by atoms with Crippen LogP contribution in [0.1, 0.15) is 21.6 Å². The maximum atomic E-state index is 10.8. The fourth-order valence-electron chi connectivity index (χ4n) is 1.75. The molecular weight excluding hydrogens is 232 g/mol. The predicted octanol–water partition coefficient (Wildman–Crippen LogP) is 2.00. The third-order valence-corrected chi connectivity index (χ3v) is 2.53. The van der Waals surface area contributed by atoms with Crippen molar-refractivity contribution in [2.45, 2.75) is 13.1 Å². The van der Waals surface area contributed by atoms with E-state index in [1.165, 1.54) is 6.20 Å². The van der Waals surface area contributed by atoms with Crippen LogP contribution in [0.2, 0.25) is 0 Å². The first kappa shape index (κ1) is 12.3. The zero-order valence-corrected chi connectivity index (χ0v) is 10.0. The van der Waals surface area contributed by atoms with Gasteiger partial charge in [0.05, 0.1) is 12.5 Å². The van der Waals surface area contributed by atoms with Crippen LogP contribution in [-0.4, -0.2) is 28.0 Å². The van der Waals surface area contributed by atoms with E-state index in [4.69, 9.17) is 9.52 Å². The van der Waals surface area contributed by atoms with Gasteiger partial charge in [-0.15, -0.1) is 0 Å². The van der Waals surface area contributed by atoms with E-state index in [9.17, 15) is 4.79 Å². The van der Waals surface area contributed by atoms with Crippen molar-refractivity contribution in [2.75, 3.05) is 7.05 Å². The smallest absolute Gasteiger partial charge is 0.354 e. The van der Waals surface area contributed by atoms with Crippen LogP contribution in [0, 0.1) is 0 Å². The fourth-order valence-corrected chi connectivity index (χ4v) is 1.75. The van der Waals surface area contributed by atoms with Gasteiger partial charge in [0.15, 0.2) is 0 Å². The molecule has 0 aliphatic carbocycles. The molecule has 5 heteroatoms. The molecule has 0 aromatic carbocycles. The summed E-state index contributed by atoms with van der Waals surface area (Å²) in [5, 5.41) is 8.86. The van der Waals surface area contributed by atoms with Crippen molar-refractivity contribution in [2.24, 2.45) is 0 Å². The highest BCUT2D eigenvalue weighted by Crippen LogP contribution is 2.09. The highest BCUT2D eigenvalue weighted by Gasteiger charge is 2.07. The van der Waals surface area contributed by atoms with Crippen molar-refractivity contribution >= 4 is 5.97 Å². The zero-order chi connectivity index (χ0) is 13.0. The third kappa shape index (κ3) is 3.18. The van der Waals surface area contributed by atoms with Crippen LogP contribution < -0.4 is 0 Å². The zero-order valence-electron chi connectivity index (χ0n) is 10.0. The topological polar surface area (TPSA) is 66.6 Å². The summed E-state index contributed by atoms with van der Waals surface area (Å²) in [6, 6.07) is 5.32. The Labute approximate surface area is 105 Å². The van der Waals surface area contributed by atoms with Crippen molar-refractivity contribution in [1.29, 1.82) is 0 Å². The van der Waals surface area contributed by atoms with E-state index in [2.05, 4.69) is 9.88 Å². The summed E-state index contributed by atoms with van der Waals surface area (Å²) < 4.78 is 5.00. The van der Waals surface area contributed by atoms with E-state index in [0.29, 0.717) is 6.54 Å². The standard InChI is InChI=1S/C13H14N2O3/c1-15(8-11-3-5-18-9-11)7-10-2-4-14-12(6-10)13(16)17/h2-6,9H,7-8H2,1H3,(H,16,17). The number of carbonyl (C=O) groups is 1. The highest BCUT2D eigenvalue weighted by atomic mass is 16.4. The molecule has 2 aromatic heterocycles.